The zero-order valence-corrected chi connectivity index (χ0v) is 33.0. The van der Waals surface area contributed by atoms with Gasteiger partial charge in [-0.15, -0.1) is 11.8 Å². The molecule has 4 bridgehead atoms. The van der Waals surface area contributed by atoms with Crippen molar-refractivity contribution in [2.45, 2.75) is 87.6 Å². The van der Waals surface area contributed by atoms with Gasteiger partial charge in [0.2, 0.25) is 5.91 Å². The number of benzene rings is 2. The molecule has 3 aliphatic heterocycles. The lowest BCUT2D eigenvalue weighted by Gasteiger charge is -2.42. The van der Waals surface area contributed by atoms with E-state index in [0.717, 1.165) is 29.0 Å². The van der Waals surface area contributed by atoms with E-state index in [1.807, 2.05) is 13.0 Å². The molecule has 2 fully saturated rings. The minimum Gasteiger partial charge on any atom is -0.495 e. The van der Waals surface area contributed by atoms with Crippen LogP contribution in [0.4, 0.5) is 16.2 Å². The first-order valence-corrected chi connectivity index (χ1v) is 18.8. The number of aliphatic hydroxyl groups is 1. The molecule has 0 radical (unpaired) electrons. The zero-order chi connectivity index (χ0) is 40.4. The second kappa shape index (κ2) is 16.7. The van der Waals surface area contributed by atoms with Gasteiger partial charge in [0.25, 0.3) is 5.69 Å². The maximum absolute atomic E-state index is 14.1. The summed E-state index contributed by atoms with van der Waals surface area (Å²) in [7, 11) is 4.41. The highest BCUT2D eigenvalue weighted by molar-refractivity contribution is 8.00. The predicted octanol–water partition coefficient (Wildman–Crippen LogP) is 5.57. The molecule has 3 heterocycles. The third-order valence-corrected chi connectivity index (χ3v) is 11.5. The van der Waals surface area contributed by atoms with Gasteiger partial charge in [0, 0.05) is 38.1 Å². The summed E-state index contributed by atoms with van der Waals surface area (Å²) < 4.78 is 29.0. The molecule has 7 atom stereocenters. The van der Waals surface area contributed by atoms with Crippen molar-refractivity contribution in [1.82, 2.24) is 5.32 Å². The molecule has 55 heavy (non-hydrogen) atoms. The number of epoxide rings is 1. The number of hydrogen-bond acceptors (Lipinski definition) is 13. The quantitative estimate of drug-likeness (QED) is 0.0840. The fourth-order valence-electron chi connectivity index (χ4n) is 6.94. The van der Waals surface area contributed by atoms with E-state index >= 15 is 0 Å². The molecular weight excluding hydrogens is 758 g/mol. The third-order valence-electron chi connectivity index (χ3n) is 10.1. The van der Waals surface area contributed by atoms with Crippen LogP contribution in [0.1, 0.15) is 56.5 Å². The number of nitro groups is 1. The van der Waals surface area contributed by atoms with Gasteiger partial charge in [0.15, 0.2) is 11.5 Å². The molecule has 15 nitrogen and oxygen atoms in total. The van der Waals surface area contributed by atoms with Crippen LogP contribution in [0.5, 0.6) is 5.75 Å². The summed E-state index contributed by atoms with van der Waals surface area (Å²) in [5.41, 5.74) is -1.30. The summed E-state index contributed by atoms with van der Waals surface area (Å²) >= 11 is 7.58. The van der Waals surface area contributed by atoms with E-state index < -0.39 is 64.6 Å². The highest BCUT2D eigenvalue weighted by atomic mass is 35.5. The van der Waals surface area contributed by atoms with Gasteiger partial charge in [-0.3, -0.25) is 29.8 Å². The van der Waals surface area contributed by atoms with Crippen molar-refractivity contribution in [2.75, 3.05) is 31.9 Å². The minimum atomic E-state index is -1.86. The van der Waals surface area contributed by atoms with Gasteiger partial charge in [0.1, 0.15) is 34.7 Å². The number of allylic oxidation sites excluding steroid dienone is 3. The number of esters is 1. The number of methoxy groups -OCH3 is 2. The van der Waals surface area contributed by atoms with Crippen LogP contribution in [0.15, 0.2) is 59.0 Å². The molecule has 2 amide bonds. The van der Waals surface area contributed by atoms with Crippen molar-refractivity contribution in [2.24, 2.45) is 5.92 Å². The molecule has 0 aromatic heterocycles. The van der Waals surface area contributed by atoms with Gasteiger partial charge >= 0.3 is 12.1 Å². The topological polar surface area (TPSA) is 196 Å². The number of amides is 2. The fourth-order valence-corrected chi connectivity index (χ4v) is 8.04. The normalized spacial score (nSPS) is 29.8. The van der Waals surface area contributed by atoms with Crippen LogP contribution < -0.4 is 15.0 Å². The van der Waals surface area contributed by atoms with Crippen LogP contribution in [-0.4, -0.2) is 96.5 Å². The molecule has 0 unspecified atom stereocenters. The number of thioether (sulfide) groups is 1. The largest absolute Gasteiger partial charge is 0.495 e. The molecule has 2 saturated heterocycles. The summed E-state index contributed by atoms with van der Waals surface area (Å²) in [6.45, 7) is 6.62. The molecular formula is C38H44ClN3O12S. The van der Waals surface area contributed by atoms with E-state index in [-0.39, 0.29) is 45.5 Å². The first-order valence-electron chi connectivity index (χ1n) is 17.4. The standard InChI is InChI=1S/C38H44ClN3O12S/c1-20-9-8-10-30(51-7)38(47)18-28(52-36(46)40-38)21(2)35-37(4,54-35)31(17-32(44)41(5)26-14-23(13-20)15-27(50-6)34(26)39)53-33(45)19-55-29-12-11-24(22(3)43)16-25(29)42(48)49/h8-12,14-16,21,28,30-31,35,47H,13,17-19H2,1-7H3,(H,40,46)/b10-8+,20-9+/t21-,28+,30-,31+,35+,37+,38+/m1/s1. The van der Waals surface area contributed by atoms with E-state index in [1.54, 1.807) is 38.1 Å². The molecule has 296 valence electrons. The van der Waals surface area contributed by atoms with Crippen molar-refractivity contribution < 1.29 is 52.9 Å². The molecule has 0 saturated carbocycles. The molecule has 2 aromatic carbocycles. The number of nitro benzene ring substituents is 1. The van der Waals surface area contributed by atoms with Gasteiger partial charge < -0.3 is 33.7 Å². The number of carbonyl (C=O) groups excluding carboxylic acids is 4. The number of halogens is 1. The van der Waals surface area contributed by atoms with E-state index in [2.05, 4.69) is 5.32 Å². The molecule has 2 N–H and O–H groups in total. The van der Waals surface area contributed by atoms with Crippen LogP contribution in [-0.2, 0) is 35.0 Å². The number of ketones is 1. The monoisotopic (exact) mass is 801 g/mol. The van der Waals surface area contributed by atoms with Crippen LogP contribution in [0, 0.1) is 16.0 Å². The highest BCUT2D eigenvalue weighted by Crippen LogP contribution is 2.49. The van der Waals surface area contributed by atoms with E-state index in [9.17, 15) is 34.4 Å². The Morgan fingerprint density at radius 3 is 2.60 bits per heavy atom. The van der Waals surface area contributed by atoms with Gasteiger partial charge in [0.05, 0.1) is 40.9 Å². The number of alkyl carbamates (subject to hydrolysis) is 1. The Bertz CT molecular complexity index is 1940. The van der Waals surface area contributed by atoms with Crippen molar-refractivity contribution in [3.8, 4) is 5.75 Å². The van der Waals surface area contributed by atoms with Crippen molar-refractivity contribution >= 4 is 58.5 Å². The number of nitrogens with one attached hydrogen (secondary N) is 1. The van der Waals surface area contributed by atoms with Crippen molar-refractivity contribution in [1.29, 1.82) is 0 Å². The number of carbonyl (C=O) groups is 4. The predicted molar refractivity (Wildman–Crippen MR) is 203 cm³/mol. The Labute approximate surface area is 327 Å². The second-order valence-corrected chi connectivity index (χ2v) is 15.5. The number of fused-ring (bicyclic) bond motifs is 5. The number of Topliss-reactive ketones (excluding diaryl/α,β-unsaturated/α-hetero) is 1. The van der Waals surface area contributed by atoms with Crippen molar-refractivity contribution in [3.63, 3.8) is 0 Å². The zero-order valence-electron chi connectivity index (χ0n) is 31.5. The van der Waals surface area contributed by atoms with E-state index in [0.29, 0.717) is 17.9 Å². The summed E-state index contributed by atoms with van der Waals surface area (Å²) in [5, 5.41) is 26.2. The Balaban J connectivity index is 1.50. The average Bonchev–Trinajstić information content (AvgIpc) is 3.83. The number of hydrogen-bond donors (Lipinski definition) is 2. The first kappa shape index (κ1) is 41.7. The maximum atomic E-state index is 14.1. The van der Waals surface area contributed by atoms with E-state index in [4.69, 9.17) is 35.3 Å². The maximum Gasteiger partial charge on any atom is 0.409 e. The Hall–Kier alpha value is -4.48. The lowest BCUT2D eigenvalue weighted by Crippen LogP contribution is -2.63. The van der Waals surface area contributed by atoms with Crippen LogP contribution in [0.25, 0.3) is 0 Å². The average molecular weight is 802 g/mol. The molecule has 17 heteroatoms. The summed E-state index contributed by atoms with van der Waals surface area (Å²) in [6.07, 6.45) is 0.527. The van der Waals surface area contributed by atoms with E-state index in [1.165, 1.54) is 45.2 Å². The Morgan fingerprint density at radius 2 is 1.95 bits per heavy atom. The lowest BCUT2D eigenvalue weighted by atomic mass is 9.83. The Morgan fingerprint density at radius 1 is 1.22 bits per heavy atom. The number of ether oxygens (including phenoxy) is 5. The highest BCUT2D eigenvalue weighted by Gasteiger charge is 2.64. The number of rotatable bonds is 8. The third kappa shape index (κ3) is 9.15. The molecule has 3 aliphatic rings. The molecule has 0 aliphatic carbocycles. The Kier molecular flexibility index (Phi) is 12.7. The molecule has 0 spiro atoms. The summed E-state index contributed by atoms with van der Waals surface area (Å²) in [6, 6.07) is 7.49. The lowest BCUT2D eigenvalue weighted by molar-refractivity contribution is -0.387. The summed E-state index contributed by atoms with van der Waals surface area (Å²) in [5.74, 6) is -2.24. The number of nitrogens with zero attached hydrogens (tertiary/aromatic N) is 2. The van der Waals surface area contributed by atoms with Gasteiger partial charge in [-0.1, -0.05) is 42.3 Å². The molecule has 2 aromatic rings. The smallest absolute Gasteiger partial charge is 0.409 e. The summed E-state index contributed by atoms with van der Waals surface area (Å²) in [4.78, 5) is 64.9. The number of anilines is 1. The van der Waals surface area contributed by atoms with Gasteiger partial charge in [-0.05, 0) is 57.0 Å². The van der Waals surface area contributed by atoms with Crippen LogP contribution in [0.2, 0.25) is 5.02 Å². The second-order valence-electron chi connectivity index (χ2n) is 14.1. The molecule has 5 rings (SSSR count). The van der Waals surface area contributed by atoms with Crippen molar-refractivity contribution in [3.05, 3.63) is 80.4 Å². The van der Waals surface area contributed by atoms with Crippen LogP contribution >= 0.6 is 23.4 Å². The minimum absolute atomic E-state index is 0.0878. The van der Waals surface area contributed by atoms with Gasteiger partial charge in [-0.2, -0.15) is 0 Å². The SMILES string of the molecule is COc1cc2cc(c1Cl)N(C)C(=O)C[C@H](OC(=O)CSc1ccc(C(C)=O)cc1[N+](=O)[O-])[C@]1(C)O[C@H]1[C@H](C)[C@@H]1C[C@@](O)(NC(=O)O1)[C@H](OC)/C=C/C=C(\C)C2. The fraction of sp³-hybridized carbons (Fsp3) is 0.474. The first-order chi connectivity index (χ1) is 25.9. The van der Waals surface area contributed by atoms with Crippen LogP contribution in [0.3, 0.4) is 0 Å². The van der Waals surface area contributed by atoms with Gasteiger partial charge in [-0.25, -0.2) is 4.79 Å².